The van der Waals surface area contributed by atoms with Crippen LogP contribution < -0.4 is 4.72 Å². The molecule has 17 heavy (non-hydrogen) atoms. The number of aromatic nitrogens is 3. The minimum Gasteiger partial charge on any atom is -0.335 e. The van der Waals surface area contributed by atoms with E-state index in [1.807, 2.05) is 6.07 Å². The van der Waals surface area contributed by atoms with Gasteiger partial charge in [-0.15, -0.1) is 0 Å². The first-order valence-electron chi connectivity index (χ1n) is 5.01. The van der Waals surface area contributed by atoms with Crippen LogP contribution in [0.2, 0.25) is 0 Å². The predicted octanol–water partition coefficient (Wildman–Crippen LogP) is 0.844. The molecule has 0 aromatic carbocycles. The summed E-state index contributed by atoms with van der Waals surface area (Å²) < 4.78 is 26.2. The Bertz CT molecular complexity index is 566. The zero-order chi connectivity index (χ0) is 12.3. The highest BCUT2D eigenvalue weighted by Gasteiger charge is 2.19. The molecule has 0 fully saturated rings. The number of hydrogen-bond acceptors (Lipinski definition) is 4. The number of imidazole rings is 1. The molecule has 0 amide bonds. The van der Waals surface area contributed by atoms with E-state index in [4.69, 9.17) is 0 Å². The monoisotopic (exact) mass is 252 g/mol. The van der Waals surface area contributed by atoms with Gasteiger partial charge in [0.1, 0.15) is 0 Å². The van der Waals surface area contributed by atoms with E-state index in [9.17, 15) is 8.42 Å². The first-order chi connectivity index (χ1) is 8.09. The molecule has 0 bridgehead atoms. The molecule has 1 unspecified atom stereocenters. The highest BCUT2D eigenvalue weighted by Crippen LogP contribution is 2.12. The van der Waals surface area contributed by atoms with Crippen LogP contribution in [-0.4, -0.2) is 23.4 Å². The second-order valence-electron chi connectivity index (χ2n) is 3.51. The van der Waals surface area contributed by atoms with Gasteiger partial charge >= 0.3 is 0 Å². The molecular formula is C10H12N4O2S. The molecule has 0 aliphatic rings. The van der Waals surface area contributed by atoms with E-state index in [1.54, 1.807) is 25.3 Å². The van der Waals surface area contributed by atoms with Gasteiger partial charge in [-0.05, 0) is 19.1 Å². The van der Waals surface area contributed by atoms with E-state index in [0.717, 1.165) is 0 Å². The lowest BCUT2D eigenvalue weighted by Gasteiger charge is -2.12. The summed E-state index contributed by atoms with van der Waals surface area (Å²) in [5, 5.41) is 0.0419. The van der Waals surface area contributed by atoms with Crippen LogP contribution in [0.1, 0.15) is 18.7 Å². The van der Waals surface area contributed by atoms with Crippen molar-refractivity contribution in [3.05, 3.63) is 42.6 Å². The molecule has 2 N–H and O–H groups in total. The van der Waals surface area contributed by atoms with Crippen molar-refractivity contribution >= 4 is 10.0 Å². The van der Waals surface area contributed by atoms with Gasteiger partial charge in [0.05, 0.1) is 24.3 Å². The van der Waals surface area contributed by atoms with Crippen molar-refractivity contribution in [2.75, 3.05) is 0 Å². The third-order valence-electron chi connectivity index (χ3n) is 2.23. The predicted molar refractivity (Wildman–Crippen MR) is 61.6 cm³/mol. The number of nitrogens with zero attached hydrogens (tertiary/aromatic N) is 2. The number of sulfonamides is 1. The zero-order valence-corrected chi connectivity index (χ0v) is 9.98. The van der Waals surface area contributed by atoms with Gasteiger partial charge in [0.2, 0.25) is 0 Å². The van der Waals surface area contributed by atoms with E-state index in [-0.39, 0.29) is 5.03 Å². The molecule has 6 nitrogen and oxygen atoms in total. The fourth-order valence-electron chi connectivity index (χ4n) is 1.38. The van der Waals surface area contributed by atoms with Crippen LogP contribution in [0.25, 0.3) is 0 Å². The Hall–Kier alpha value is -1.73. The SMILES string of the molecule is CC(NS(=O)(=O)c1cnc[nH]1)c1ccccn1. The van der Waals surface area contributed by atoms with Gasteiger partial charge in [-0.25, -0.2) is 18.1 Å². The van der Waals surface area contributed by atoms with Crippen molar-refractivity contribution in [2.24, 2.45) is 0 Å². The number of nitrogens with one attached hydrogen (secondary N) is 2. The van der Waals surface area contributed by atoms with E-state index in [2.05, 4.69) is 19.7 Å². The second kappa shape index (κ2) is 4.64. The van der Waals surface area contributed by atoms with Gasteiger partial charge in [0, 0.05) is 6.20 Å². The summed E-state index contributed by atoms with van der Waals surface area (Å²) in [5.74, 6) is 0. The average Bonchev–Trinajstić information content (AvgIpc) is 2.84. The van der Waals surface area contributed by atoms with Gasteiger partial charge in [-0.1, -0.05) is 6.07 Å². The maximum atomic E-state index is 11.9. The fraction of sp³-hybridized carbons (Fsp3) is 0.200. The number of pyridine rings is 1. The van der Waals surface area contributed by atoms with Gasteiger partial charge in [0.25, 0.3) is 10.0 Å². The van der Waals surface area contributed by atoms with E-state index >= 15 is 0 Å². The van der Waals surface area contributed by atoms with Crippen molar-refractivity contribution in [2.45, 2.75) is 18.0 Å². The van der Waals surface area contributed by atoms with Gasteiger partial charge in [-0.2, -0.15) is 0 Å². The molecular weight excluding hydrogens is 240 g/mol. The van der Waals surface area contributed by atoms with Crippen molar-refractivity contribution in [3.63, 3.8) is 0 Å². The van der Waals surface area contributed by atoms with Crippen LogP contribution in [0, 0.1) is 0 Å². The molecule has 1 atom stereocenters. The van der Waals surface area contributed by atoms with Gasteiger partial charge in [-0.3, -0.25) is 4.98 Å². The summed E-state index contributed by atoms with van der Waals surface area (Å²) in [4.78, 5) is 10.3. The third-order valence-corrected chi connectivity index (χ3v) is 3.69. The maximum Gasteiger partial charge on any atom is 0.258 e. The Morgan fingerprint density at radius 1 is 1.41 bits per heavy atom. The van der Waals surface area contributed by atoms with Crippen LogP contribution in [0.5, 0.6) is 0 Å². The minimum atomic E-state index is -3.57. The number of H-pyrrole nitrogens is 1. The van der Waals surface area contributed by atoms with Crippen LogP contribution in [-0.2, 0) is 10.0 Å². The highest BCUT2D eigenvalue weighted by molar-refractivity contribution is 7.89. The summed E-state index contributed by atoms with van der Waals surface area (Å²) in [7, 11) is -3.57. The Balaban J connectivity index is 2.17. The van der Waals surface area contributed by atoms with Crippen LogP contribution in [0.4, 0.5) is 0 Å². The topological polar surface area (TPSA) is 87.7 Å². The summed E-state index contributed by atoms with van der Waals surface area (Å²) in [5.41, 5.74) is 0.663. The third kappa shape index (κ3) is 2.69. The van der Waals surface area contributed by atoms with E-state index < -0.39 is 16.1 Å². The molecule has 2 aromatic heterocycles. The molecule has 2 rings (SSSR count). The second-order valence-corrected chi connectivity index (χ2v) is 5.20. The van der Waals surface area contributed by atoms with Crippen molar-refractivity contribution in [1.29, 1.82) is 0 Å². The summed E-state index contributed by atoms with van der Waals surface area (Å²) in [6, 6.07) is 4.95. The Morgan fingerprint density at radius 3 is 2.82 bits per heavy atom. The normalized spacial score (nSPS) is 13.5. The number of rotatable bonds is 4. The Morgan fingerprint density at radius 2 is 2.24 bits per heavy atom. The molecule has 2 aromatic rings. The fourth-order valence-corrected chi connectivity index (χ4v) is 2.50. The first kappa shape index (κ1) is 11.7. The van der Waals surface area contributed by atoms with Crippen molar-refractivity contribution < 1.29 is 8.42 Å². The maximum absolute atomic E-state index is 11.9. The molecule has 0 aliphatic heterocycles. The number of hydrogen-bond donors (Lipinski definition) is 2. The Kier molecular flexibility index (Phi) is 3.21. The molecule has 7 heteroatoms. The van der Waals surface area contributed by atoms with Crippen LogP contribution >= 0.6 is 0 Å². The molecule has 90 valence electrons. The van der Waals surface area contributed by atoms with Gasteiger partial charge < -0.3 is 4.98 Å². The molecule has 0 saturated heterocycles. The quantitative estimate of drug-likeness (QED) is 0.844. The van der Waals surface area contributed by atoms with Crippen LogP contribution in [0.3, 0.4) is 0 Å². The molecule has 0 spiro atoms. The minimum absolute atomic E-state index is 0.0419. The van der Waals surface area contributed by atoms with E-state index in [1.165, 1.54) is 12.5 Å². The largest absolute Gasteiger partial charge is 0.335 e. The van der Waals surface area contributed by atoms with Crippen LogP contribution in [0.15, 0.2) is 41.9 Å². The average molecular weight is 252 g/mol. The molecule has 2 heterocycles. The highest BCUT2D eigenvalue weighted by atomic mass is 32.2. The Labute approximate surface area is 99.2 Å². The lowest BCUT2D eigenvalue weighted by molar-refractivity contribution is 0.561. The molecule has 0 radical (unpaired) electrons. The zero-order valence-electron chi connectivity index (χ0n) is 9.16. The van der Waals surface area contributed by atoms with Crippen molar-refractivity contribution in [3.8, 4) is 0 Å². The summed E-state index contributed by atoms with van der Waals surface area (Å²) in [6.07, 6.45) is 4.20. The standard InChI is InChI=1S/C10H12N4O2S/c1-8(9-4-2-3-5-12-9)14-17(15,16)10-6-11-7-13-10/h2-8,14H,1H3,(H,11,13). The summed E-state index contributed by atoms with van der Waals surface area (Å²) in [6.45, 7) is 1.73. The van der Waals surface area contributed by atoms with Crippen molar-refractivity contribution in [1.82, 2.24) is 19.7 Å². The lowest BCUT2D eigenvalue weighted by atomic mass is 10.2. The smallest absolute Gasteiger partial charge is 0.258 e. The number of aromatic amines is 1. The first-order valence-corrected chi connectivity index (χ1v) is 6.49. The van der Waals surface area contributed by atoms with Gasteiger partial charge in [0.15, 0.2) is 5.03 Å². The van der Waals surface area contributed by atoms with E-state index in [0.29, 0.717) is 5.69 Å². The molecule has 0 saturated carbocycles. The lowest BCUT2D eigenvalue weighted by Crippen LogP contribution is -2.27. The summed E-state index contributed by atoms with van der Waals surface area (Å²) >= 11 is 0. The molecule has 0 aliphatic carbocycles.